The van der Waals surface area contributed by atoms with Gasteiger partial charge in [0.2, 0.25) is 0 Å². The highest BCUT2D eigenvalue weighted by atomic mass is 16.2. The number of carbonyl (C=O) groups excluding carboxylic acids is 1. The summed E-state index contributed by atoms with van der Waals surface area (Å²) in [5.41, 5.74) is 3.81. The van der Waals surface area contributed by atoms with Gasteiger partial charge in [0.1, 0.15) is 5.82 Å². The molecule has 1 aliphatic carbocycles. The first kappa shape index (κ1) is 20.6. The number of benzene rings is 1. The van der Waals surface area contributed by atoms with Crippen LogP contribution in [0.15, 0.2) is 30.3 Å². The SMILES string of the molecule is Cc1nn(C)c(C)c1C(=O)N1CC2(CN(Cc3ccccc3)CC2c2nc(C3CC3)n[nH]2)C1. The molecule has 1 spiro atoms. The normalized spacial score (nSPS) is 22.2. The van der Waals surface area contributed by atoms with E-state index in [0.717, 1.165) is 61.3 Å². The molecule has 2 aliphatic heterocycles. The van der Waals surface area contributed by atoms with Gasteiger partial charge in [-0.05, 0) is 32.3 Å². The van der Waals surface area contributed by atoms with E-state index in [-0.39, 0.29) is 17.2 Å². The van der Waals surface area contributed by atoms with E-state index in [1.165, 1.54) is 18.4 Å². The number of nitrogens with one attached hydrogen (secondary N) is 1. The summed E-state index contributed by atoms with van der Waals surface area (Å²) in [6.45, 7) is 8.18. The molecule has 3 aromatic rings. The zero-order chi connectivity index (χ0) is 22.7. The molecule has 1 N–H and O–H groups in total. The lowest BCUT2D eigenvalue weighted by molar-refractivity contribution is 0.00168. The highest BCUT2D eigenvalue weighted by Gasteiger charge is 2.57. The first-order valence-corrected chi connectivity index (χ1v) is 11.9. The Bertz CT molecular complexity index is 1190. The van der Waals surface area contributed by atoms with Crippen LogP contribution in [0.25, 0.3) is 0 Å². The van der Waals surface area contributed by atoms with E-state index in [0.29, 0.717) is 5.92 Å². The van der Waals surface area contributed by atoms with Gasteiger partial charge in [-0.1, -0.05) is 30.3 Å². The smallest absolute Gasteiger partial charge is 0.257 e. The van der Waals surface area contributed by atoms with E-state index in [1.54, 1.807) is 4.68 Å². The molecule has 33 heavy (non-hydrogen) atoms. The molecule has 1 amide bonds. The number of amides is 1. The molecule has 4 heterocycles. The summed E-state index contributed by atoms with van der Waals surface area (Å²) in [6.07, 6.45) is 2.39. The molecule has 2 aromatic heterocycles. The molecular formula is C25H31N7O. The van der Waals surface area contributed by atoms with Crippen LogP contribution in [-0.2, 0) is 13.6 Å². The molecule has 0 bridgehead atoms. The lowest BCUT2D eigenvalue weighted by Crippen LogP contribution is -2.61. The Kier molecular flexibility index (Phi) is 4.69. The summed E-state index contributed by atoms with van der Waals surface area (Å²) in [5, 5.41) is 12.3. The number of hydrogen-bond donors (Lipinski definition) is 1. The summed E-state index contributed by atoms with van der Waals surface area (Å²) < 4.78 is 1.80. The third-order valence-corrected chi connectivity index (χ3v) is 7.78. The molecule has 6 rings (SSSR count). The van der Waals surface area contributed by atoms with Crippen LogP contribution >= 0.6 is 0 Å². The van der Waals surface area contributed by atoms with E-state index in [1.807, 2.05) is 25.8 Å². The Morgan fingerprint density at radius 2 is 1.91 bits per heavy atom. The molecule has 3 aliphatic rings. The minimum Gasteiger partial charge on any atom is -0.337 e. The zero-order valence-electron chi connectivity index (χ0n) is 19.6. The average Bonchev–Trinajstić information content (AvgIpc) is 3.29. The van der Waals surface area contributed by atoms with E-state index < -0.39 is 0 Å². The van der Waals surface area contributed by atoms with E-state index in [2.05, 4.69) is 50.5 Å². The molecular weight excluding hydrogens is 414 g/mol. The maximum Gasteiger partial charge on any atom is 0.257 e. The molecule has 1 saturated carbocycles. The van der Waals surface area contributed by atoms with Gasteiger partial charge in [-0.25, -0.2) is 4.98 Å². The number of likely N-dealkylation sites (tertiary alicyclic amines) is 2. The molecule has 3 fully saturated rings. The van der Waals surface area contributed by atoms with Gasteiger partial charge in [0.25, 0.3) is 5.91 Å². The number of rotatable bonds is 5. The molecule has 172 valence electrons. The van der Waals surface area contributed by atoms with Gasteiger partial charge in [-0.2, -0.15) is 10.2 Å². The Balaban J connectivity index is 1.25. The first-order valence-electron chi connectivity index (χ1n) is 11.9. The van der Waals surface area contributed by atoms with Gasteiger partial charge in [0.15, 0.2) is 5.82 Å². The van der Waals surface area contributed by atoms with Crippen molar-refractivity contribution in [1.82, 2.24) is 34.8 Å². The average molecular weight is 446 g/mol. The predicted molar refractivity (Wildman–Crippen MR) is 124 cm³/mol. The van der Waals surface area contributed by atoms with Crippen molar-refractivity contribution in [2.75, 3.05) is 26.2 Å². The third-order valence-electron chi connectivity index (χ3n) is 7.78. The number of H-pyrrole nitrogens is 1. The van der Waals surface area contributed by atoms with Gasteiger partial charge in [-0.3, -0.25) is 19.5 Å². The second-order valence-corrected chi connectivity index (χ2v) is 10.3. The lowest BCUT2D eigenvalue weighted by atomic mass is 9.71. The second kappa shape index (κ2) is 7.52. The van der Waals surface area contributed by atoms with Gasteiger partial charge in [0.05, 0.1) is 11.3 Å². The second-order valence-electron chi connectivity index (χ2n) is 10.3. The topological polar surface area (TPSA) is 82.9 Å². The van der Waals surface area contributed by atoms with E-state index in [4.69, 9.17) is 4.98 Å². The van der Waals surface area contributed by atoms with Crippen LogP contribution < -0.4 is 0 Å². The Morgan fingerprint density at radius 3 is 2.58 bits per heavy atom. The third kappa shape index (κ3) is 3.47. The monoisotopic (exact) mass is 445 g/mol. The van der Waals surface area contributed by atoms with Crippen LogP contribution in [0, 0.1) is 19.3 Å². The maximum absolute atomic E-state index is 13.4. The summed E-state index contributed by atoms with van der Waals surface area (Å²) >= 11 is 0. The number of aryl methyl sites for hydroxylation is 2. The van der Waals surface area contributed by atoms with Crippen LogP contribution in [0.5, 0.6) is 0 Å². The van der Waals surface area contributed by atoms with Crippen molar-refractivity contribution in [3.05, 3.63) is 64.5 Å². The fourth-order valence-corrected chi connectivity index (χ4v) is 5.80. The molecule has 0 radical (unpaired) electrons. The minimum absolute atomic E-state index is 0.00874. The largest absolute Gasteiger partial charge is 0.337 e. The van der Waals surface area contributed by atoms with Crippen LogP contribution in [-0.4, -0.2) is 66.8 Å². The highest BCUT2D eigenvalue weighted by Crippen LogP contribution is 2.49. The molecule has 8 nitrogen and oxygen atoms in total. The minimum atomic E-state index is 0.00874. The van der Waals surface area contributed by atoms with Crippen molar-refractivity contribution in [2.24, 2.45) is 12.5 Å². The fraction of sp³-hybridized carbons (Fsp3) is 0.520. The van der Waals surface area contributed by atoms with E-state index in [9.17, 15) is 4.79 Å². The maximum atomic E-state index is 13.4. The lowest BCUT2D eigenvalue weighted by Gasteiger charge is -2.50. The summed E-state index contributed by atoms with van der Waals surface area (Å²) in [7, 11) is 1.90. The van der Waals surface area contributed by atoms with Crippen molar-refractivity contribution >= 4 is 5.91 Å². The summed E-state index contributed by atoms with van der Waals surface area (Å²) in [5.74, 6) is 2.84. The Hall–Kier alpha value is -3.00. The van der Waals surface area contributed by atoms with Crippen molar-refractivity contribution in [3.8, 4) is 0 Å². The van der Waals surface area contributed by atoms with E-state index >= 15 is 0 Å². The van der Waals surface area contributed by atoms with Crippen molar-refractivity contribution in [2.45, 2.75) is 45.1 Å². The Labute approximate surface area is 194 Å². The summed E-state index contributed by atoms with van der Waals surface area (Å²) in [4.78, 5) is 22.8. The van der Waals surface area contributed by atoms with Gasteiger partial charge in [0, 0.05) is 62.7 Å². The van der Waals surface area contributed by atoms with Crippen LogP contribution in [0.3, 0.4) is 0 Å². The van der Waals surface area contributed by atoms with Crippen molar-refractivity contribution < 1.29 is 4.79 Å². The standard InChI is InChI=1S/C25H31N7O/c1-16-21(17(2)30(3)29-16)24(33)32-14-25(15-32)13-31(11-18-7-5-4-6-8-18)12-20(25)23-26-22(27-28-23)19-9-10-19/h4-8,19-20H,9-15H2,1-3H3,(H,26,27,28). The zero-order valence-corrected chi connectivity index (χ0v) is 19.6. The molecule has 1 atom stereocenters. The summed E-state index contributed by atoms with van der Waals surface area (Å²) in [6, 6.07) is 10.6. The molecule has 2 saturated heterocycles. The number of carbonyl (C=O) groups is 1. The van der Waals surface area contributed by atoms with Crippen molar-refractivity contribution in [1.29, 1.82) is 0 Å². The predicted octanol–water partition coefficient (Wildman–Crippen LogP) is 2.77. The van der Waals surface area contributed by atoms with Crippen molar-refractivity contribution in [3.63, 3.8) is 0 Å². The quantitative estimate of drug-likeness (QED) is 0.653. The fourth-order valence-electron chi connectivity index (χ4n) is 5.80. The highest BCUT2D eigenvalue weighted by molar-refractivity contribution is 5.97. The molecule has 1 aromatic carbocycles. The van der Waals surface area contributed by atoms with Gasteiger partial charge < -0.3 is 4.90 Å². The van der Waals surface area contributed by atoms with Gasteiger partial charge in [-0.15, -0.1) is 0 Å². The van der Waals surface area contributed by atoms with Crippen LogP contribution in [0.1, 0.15) is 63.6 Å². The van der Waals surface area contributed by atoms with Gasteiger partial charge >= 0.3 is 0 Å². The van der Waals surface area contributed by atoms with Crippen LogP contribution in [0.2, 0.25) is 0 Å². The number of aromatic amines is 1. The molecule has 8 heteroatoms. The number of hydrogen-bond acceptors (Lipinski definition) is 5. The molecule has 1 unspecified atom stereocenters. The van der Waals surface area contributed by atoms with Crippen LogP contribution in [0.4, 0.5) is 0 Å². The Morgan fingerprint density at radius 1 is 1.15 bits per heavy atom. The number of aromatic nitrogens is 5. The number of nitrogens with zero attached hydrogens (tertiary/aromatic N) is 6. The first-order chi connectivity index (χ1) is 15.9.